The van der Waals surface area contributed by atoms with E-state index in [9.17, 15) is 20.2 Å². The number of hydrogen-bond donors (Lipinski definition) is 1. The second kappa shape index (κ2) is 4.64. The number of benzene rings is 1. The van der Waals surface area contributed by atoms with Crippen molar-refractivity contribution in [1.29, 1.82) is 0 Å². The van der Waals surface area contributed by atoms with Crippen LogP contribution in [0.4, 0.5) is 11.4 Å². The fourth-order valence-electron chi connectivity index (χ4n) is 1.28. The van der Waals surface area contributed by atoms with Crippen molar-refractivity contribution in [1.82, 2.24) is 0 Å². The standard InChI is InChI=1S/C8H9N3O5/c1-5-6(4-16-9)2-7(10(12)13)3-8(5)11(14)15/h2-3H,4,9H2,1H3. The fourth-order valence-corrected chi connectivity index (χ4v) is 1.28. The van der Waals surface area contributed by atoms with Crippen LogP contribution in [0.3, 0.4) is 0 Å². The molecule has 0 heterocycles. The van der Waals surface area contributed by atoms with Crippen LogP contribution < -0.4 is 5.90 Å². The zero-order valence-electron chi connectivity index (χ0n) is 8.37. The molecular formula is C8H9N3O5. The van der Waals surface area contributed by atoms with Crippen molar-refractivity contribution in [2.45, 2.75) is 13.5 Å². The highest BCUT2D eigenvalue weighted by Crippen LogP contribution is 2.28. The molecule has 8 heteroatoms. The van der Waals surface area contributed by atoms with Gasteiger partial charge < -0.3 is 0 Å². The Morgan fingerprint density at radius 3 is 2.38 bits per heavy atom. The van der Waals surface area contributed by atoms with Crippen LogP contribution in [-0.2, 0) is 11.4 Å². The highest BCUT2D eigenvalue weighted by Gasteiger charge is 2.20. The van der Waals surface area contributed by atoms with Crippen molar-refractivity contribution < 1.29 is 14.7 Å². The molecule has 0 bridgehead atoms. The minimum absolute atomic E-state index is 0.117. The van der Waals surface area contributed by atoms with Crippen LogP contribution in [0.2, 0.25) is 0 Å². The third-order valence-corrected chi connectivity index (χ3v) is 2.12. The van der Waals surface area contributed by atoms with Gasteiger partial charge in [0, 0.05) is 11.6 Å². The minimum Gasteiger partial charge on any atom is -0.300 e. The summed E-state index contributed by atoms with van der Waals surface area (Å²) in [7, 11) is 0. The SMILES string of the molecule is Cc1c(CON)cc([N+](=O)[O-])cc1[N+](=O)[O-]. The number of nitrogens with zero attached hydrogens (tertiary/aromatic N) is 2. The van der Waals surface area contributed by atoms with Gasteiger partial charge in [0.25, 0.3) is 11.4 Å². The normalized spacial score (nSPS) is 10.1. The summed E-state index contributed by atoms with van der Waals surface area (Å²) in [5.41, 5.74) is -0.0462. The molecule has 1 aromatic carbocycles. The van der Waals surface area contributed by atoms with Crippen LogP contribution in [0.25, 0.3) is 0 Å². The summed E-state index contributed by atoms with van der Waals surface area (Å²) >= 11 is 0. The van der Waals surface area contributed by atoms with Gasteiger partial charge in [0.2, 0.25) is 0 Å². The molecule has 0 aliphatic heterocycles. The third-order valence-electron chi connectivity index (χ3n) is 2.12. The summed E-state index contributed by atoms with van der Waals surface area (Å²) in [6.45, 7) is 1.37. The van der Waals surface area contributed by atoms with Crippen molar-refractivity contribution in [2.24, 2.45) is 5.90 Å². The van der Waals surface area contributed by atoms with E-state index in [1.165, 1.54) is 13.0 Å². The zero-order valence-corrected chi connectivity index (χ0v) is 8.37. The first-order chi connectivity index (χ1) is 7.47. The molecule has 0 aliphatic rings. The lowest BCUT2D eigenvalue weighted by molar-refractivity contribution is -0.394. The summed E-state index contributed by atoms with van der Waals surface area (Å²) in [6.07, 6.45) is 0. The molecule has 0 saturated carbocycles. The predicted octanol–water partition coefficient (Wildman–Crippen LogP) is 1.20. The predicted molar refractivity (Wildman–Crippen MR) is 53.5 cm³/mol. The van der Waals surface area contributed by atoms with Gasteiger partial charge >= 0.3 is 0 Å². The Morgan fingerprint density at radius 1 is 1.31 bits per heavy atom. The Kier molecular flexibility index (Phi) is 3.48. The molecule has 0 radical (unpaired) electrons. The maximum Gasteiger partial charge on any atom is 0.279 e. The van der Waals surface area contributed by atoms with Crippen molar-refractivity contribution in [3.8, 4) is 0 Å². The van der Waals surface area contributed by atoms with E-state index in [-0.39, 0.29) is 18.0 Å². The van der Waals surface area contributed by atoms with E-state index in [4.69, 9.17) is 5.90 Å². The first-order valence-corrected chi connectivity index (χ1v) is 4.21. The van der Waals surface area contributed by atoms with Gasteiger partial charge in [0.1, 0.15) is 0 Å². The maximum atomic E-state index is 10.7. The van der Waals surface area contributed by atoms with Crippen molar-refractivity contribution >= 4 is 11.4 Å². The zero-order chi connectivity index (χ0) is 12.3. The summed E-state index contributed by atoms with van der Waals surface area (Å²) in [4.78, 5) is 24.2. The average molecular weight is 227 g/mol. The number of hydrogen-bond acceptors (Lipinski definition) is 6. The van der Waals surface area contributed by atoms with Gasteiger partial charge in [-0.05, 0) is 12.5 Å². The number of non-ortho nitro benzene ring substituents is 1. The van der Waals surface area contributed by atoms with Gasteiger partial charge in [0.05, 0.1) is 22.5 Å². The molecule has 8 nitrogen and oxygen atoms in total. The summed E-state index contributed by atoms with van der Waals surface area (Å²) in [5.74, 6) is 4.84. The van der Waals surface area contributed by atoms with Crippen LogP contribution in [0, 0.1) is 27.2 Å². The van der Waals surface area contributed by atoms with E-state index in [1.54, 1.807) is 0 Å². The number of nitro groups is 2. The van der Waals surface area contributed by atoms with Crippen molar-refractivity contribution in [3.63, 3.8) is 0 Å². The Hall–Kier alpha value is -2.06. The highest BCUT2D eigenvalue weighted by molar-refractivity contribution is 5.53. The molecule has 0 unspecified atom stereocenters. The average Bonchev–Trinajstić information content (AvgIpc) is 2.20. The molecule has 0 spiro atoms. The second-order valence-electron chi connectivity index (χ2n) is 3.07. The molecule has 86 valence electrons. The van der Waals surface area contributed by atoms with E-state index in [1.807, 2.05) is 0 Å². The Bertz CT molecular complexity index is 446. The molecule has 2 N–H and O–H groups in total. The number of rotatable bonds is 4. The lowest BCUT2D eigenvalue weighted by Crippen LogP contribution is -2.04. The smallest absolute Gasteiger partial charge is 0.279 e. The summed E-state index contributed by atoms with van der Waals surface area (Å²) in [5, 5.41) is 21.2. The first-order valence-electron chi connectivity index (χ1n) is 4.21. The van der Waals surface area contributed by atoms with Crippen molar-refractivity contribution in [2.75, 3.05) is 0 Å². The highest BCUT2D eigenvalue weighted by atomic mass is 16.6. The van der Waals surface area contributed by atoms with E-state index < -0.39 is 9.85 Å². The Morgan fingerprint density at radius 2 is 1.94 bits per heavy atom. The summed E-state index contributed by atoms with van der Waals surface area (Å²) < 4.78 is 0. The van der Waals surface area contributed by atoms with E-state index in [2.05, 4.69) is 4.84 Å². The molecule has 1 rings (SSSR count). The maximum absolute atomic E-state index is 10.7. The van der Waals surface area contributed by atoms with Crippen LogP contribution in [0.5, 0.6) is 0 Å². The molecule has 16 heavy (non-hydrogen) atoms. The van der Waals surface area contributed by atoms with Crippen LogP contribution in [0.1, 0.15) is 11.1 Å². The largest absolute Gasteiger partial charge is 0.300 e. The van der Waals surface area contributed by atoms with Gasteiger partial charge in [-0.2, -0.15) is 0 Å². The van der Waals surface area contributed by atoms with Gasteiger partial charge in [-0.25, -0.2) is 5.90 Å². The third kappa shape index (κ3) is 2.30. The molecule has 0 saturated heterocycles. The van der Waals surface area contributed by atoms with Crippen molar-refractivity contribution in [3.05, 3.63) is 43.5 Å². The lowest BCUT2D eigenvalue weighted by Gasteiger charge is -2.04. The molecule has 0 amide bonds. The summed E-state index contributed by atoms with van der Waals surface area (Å²) in [6, 6.07) is 2.12. The monoisotopic (exact) mass is 227 g/mol. The minimum atomic E-state index is -0.702. The van der Waals surface area contributed by atoms with Gasteiger partial charge in [-0.3, -0.25) is 25.1 Å². The van der Waals surface area contributed by atoms with Crippen LogP contribution in [0.15, 0.2) is 12.1 Å². The van der Waals surface area contributed by atoms with Gasteiger partial charge in [-0.15, -0.1) is 0 Å². The van der Waals surface area contributed by atoms with E-state index in [0.29, 0.717) is 11.1 Å². The topological polar surface area (TPSA) is 122 Å². The number of nitro benzene ring substituents is 2. The molecular weight excluding hydrogens is 218 g/mol. The molecule has 1 aromatic rings. The molecule has 0 fully saturated rings. The first kappa shape index (κ1) is 12.0. The van der Waals surface area contributed by atoms with E-state index >= 15 is 0 Å². The van der Waals surface area contributed by atoms with Gasteiger partial charge in [-0.1, -0.05) is 0 Å². The fraction of sp³-hybridized carbons (Fsp3) is 0.250. The Labute approximate surface area is 89.9 Å². The Balaban J connectivity index is 3.38. The van der Waals surface area contributed by atoms with Gasteiger partial charge in [0.15, 0.2) is 0 Å². The molecule has 0 aromatic heterocycles. The van der Waals surface area contributed by atoms with Crippen LogP contribution in [-0.4, -0.2) is 9.85 Å². The lowest BCUT2D eigenvalue weighted by atomic mass is 10.1. The quantitative estimate of drug-likeness (QED) is 0.609. The van der Waals surface area contributed by atoms with E-state index in [0.717, 1.165) is 6.07 Å². The molecule has 0 atom stereocenters. The second-order valence-corrected chi connectivity index (χ2v) is 3.07. The number of nitrogens with two attached hydrogens (primary N) is 1. The molecule has 0 aliphatic carbocycles. The van der Waals surface area contributed by atoms with Crippen LogP contribution >= 0.6 is 0 Å².